The number of halogens is 1. The van der Waals surface area contributed by atoms with Crippen molar-refractivity contribution in [3.05, 3.63) is 47.0 Å². The summed E-state index contributed by atoms with van der Waals surface area (Å²) in [4.78, 5) is 24.4. The molecule has 1 atom stereocenters. The molecule has 0 radical (unpaired) electrons. The number of carbonyl (C=O) groups is 2. The highest BCUT2D eigenvalue weighted by molar-refractivity contribution is 5.91. The fourth-order valence-electron chi connectivity index (χ4n) is 3.42. The molecule has 3 rings (SSSR count). The van der Waals surface area contributed by atoms with Gasteiger partial charge in [-0.25, -0.2) is 13.9 Å². The van der Waals surface area contributed by atoms with Gasteiger partial charge in [-0.1, -0.05) is 13.3 Å². The number of aromatic nitrogens is 2. The maximum atomic E-state index is 13.2. The van der Waals surface area contributed by atoms with E-state index in [9.17, 15) is 14.0 Å². The lowest BCUT2D eigenvalue weighted by atomic mass is 10.2. The second-order valence-electron chi connectivity index (χ2n) is 6.85. The molecular formula is C20H24FN3O3. The van der Waals surface area contributed by atoms with Gasteiger partial charge >= 0.3 is 5.97 Å². The fourth-order valence-corrected chi connectivity index (χ4v) is 3.42. The van der Waals surface area contributed by atoms with E-state index in [1.807, 2.05) is 13.8 Å². The molecule has 7 heteroatoms. The number of benzene rings is 1. The van der Waals surface area contributed by atoms with Crippen LogP contribution in [0.2, 0.25) is 0 Å². The molecule has 0 aliphatic heterocycles. The maximum Gasteiger partial charge on any atom is 0.359 e. The molecule has 1 amide bonds. The molecule has 27 heavy (non-hydrogen) atoms. The van der Waals surface area contributed by atoms with Gasteiger partial charge in [0.25, 0.3) is 5.91 Å². The zero-order valence-corrected chi connectivity index (χ0v) is 15.6. The third kappa shape index (κ3) is 4.35. The quantitative estimate of drug-likeness (QED) is 0.758. The van der Waals surface area contributed by atoms with Gasteiger partial charge in [-0.15, -0.1) is 0 Å². The largest absolute Gasteiger partial charge is 0.451 e. The molecular weight excluding hydrogens is 349 g/mol. The summed E-state index contributed by atoms with van der Waals surface area (Å²) >= 11 is 0. The molecule has 6 nitrogen and oxygen atoms in total. The van der Waals surface area contributed by atoms with E-state index < -0.39 is 5.97 Å². The van der Waals surface area contributed by atoms with Crippen LogP contribution in [0.4, 0.5) is 4.39 Å². The number of hydrogen-bond acceptors (Lipinski definition) is 4. The molecule has 0 fully saturated rings. The molecule has 1 aliphatic rings. The van der Waals surface area contributed by atoms with E-state index in [0.717, 1.165) is 43.4 Å². The standard InChI is InChI=1S/C20H24FN3O3/c1-3-5-13(2)22-18(25)12-27-20(26)19-16-6-4-7-17(16)24(23-19)15-10-8-14(21)9-11-15/h8-11,13H,3-7,12H2,1-2H3,(H,22,25). The maximum absolute atomic E-state index is 13.2. The summed E-state index contributed by atoms with van der Waals surface area (Å²) in [6.45, 7) is 3.63. The lowest BCUT2D eigenvalue weighted by Crippen LogP contribution is -2.35. The van der Waals surface area contributed by atoms with Crippen LogP contribution in [0.3, 0.4) is 0 Å². The van der Waals surface area contributed by atoms with Gasteiger partial charge in [-0.2, -0.15) is 5.10 Å². The minimum Gasteiger partial charge on any atom is -0.451 e. The number of esters is 1. The van der Waals surface area contributed by atoms with Crippen molar-refractivity contribution in [1.82, 2.24) is 15.1 Å². The lowest BCUT2D eigenvalue weighted by molar-refractivity contribution is -0.124. The first-order valence-electron chi connectivity index (χ1n) is 9.32. The van der Waals surface area contributed by atoms with Crippen LogP contribution in [0.1, 0.15) is 54.9 Å². The average molecular weight is 373 g/mol. The van der Waals surface area contributed by atoms with Crippen LogP contribution in [0.25, 0.3) is 5.69 Å². The van der Waals surface area contributed by atoms with Gasteiger partial charge in [0.15, 0.2) is 12.3 Å². The third-order valence-electron chi connectivity index (χ3n) is 4.66. The predicted octanol–water partition coefficient (Wildman–Crippen LogP) is 2.96. The summed E-state index contributed by atoms with van der Waals surface area (Å²) in [5, 5.41) is 7.19. The highest BCUT2D eigenvalue weighted by Gasteiger charge is 2.28. The number of rotatable bonds is 7. The molecule has 144 valence electrons. The molecule has 1 unspecified atom stereocenters. The molecule has 0 saturated carbocycles. The minimum atomic E-state index is -0.604. The summed E-state index contributed by atoms with van der Waals surface area (Å²) in [6.07, 6.45) is 4.29. The molecule has 1 aromatic heterocycles. The van der Waals surface area contributed by atoms with Crippen LogP contribution in [0.15, 0.2) is 24.3 Å². The summed E-state index contributed by atoms with van der Waals surface area (Å²) in [6, 6.07) is 6.01. The third-order valence-corrected chi connectivity index (χ3v) is 4.66. The van der Waals surface area contributed by atoms with Crippen molar-refractivity contribution in [2.75, 3.05) is 6.61 Å². The zero-order chi connectivity index (χ0) is 19.4. The van der Waals surface area contributed by atoms with Crippen molar-refractivity contribution in [3.8, 4) is 5.69 Å². The Balaban J connectivity index is 1.71. The Morgan fingerprint density at radius 1 is 1.30 bits per heavy atom. The number of nitrogens with one attached hydrogen (secondary N) is 1. The Kier molecular flexibility index (Phi) is 5.88. The first-order chi connectivity index (χ1) is 13.0. The predicted molar refractivity (Wildman–Crippen MR) is 98.3 cm³/mol. The number of amides is 1. The zero-order valence-electron chi connectivity index (χ0n) is 15.6. The molecule has 0 spiro atoms. The molecule has 2 aromatic rings. The molecule has 1 heterocycles. The van der Waals surface area contributed by atoms with Crippen molar-refractivity contribution in [2.24, 2.45) is 0 Å². The van der Waals surface area contributed by atoms with Crippen molar-refractivity contribution in [2.45, 2.75) is 52.0 Å². The van der Waals surface area contributed by atoms with Crippen LogP contribution in [0, 0.1) is 5.82 Å². The SMILES string of the molecule is CCCC(C)NC(=O)COC(=O)c1nn(-c2ccc(F)cc2)c2c1CCC2. The average Bonchev–Trinajstić information content (AvgIpc) is 3.23. The monoisotopic (exact) mass is 373 g/mol. The van der Waals surface area contributed by atoms with Crippen molar-refractivity contribution < 1.29 is 18.7 Å². The van der Waals surface area contributed by atoms with Crippen LogP contribution >= 0.6 is 0 Å². The van der Waals surface area contributed by atoms with E-state index >= 15 is 0 Å². The van der Waals surface area contributed by atoms with Crippen LogP contribution in [-0.4, -0.2) is 34.3 Å². The van der Waals surface area contributed by atoms with Crippen LogP contribution in [-0.2, 0) is 22.4 Å². The smallest absolute Gasteiger partial charge is 0.359 e. The molecule has 0 saturated heterocycles. The Morgan fingerprint density at radius 2 is 2.04 bits per heavy atom. The number of hydrogen-bond donors (Lipinski definition) is 1. The Hall–Kier alpha value is -2.70. The minimum absolute atomic E-state index is 0.0446. The van der Waals surface area contributed by atoms with Crippen molar-refractivity contribution in [1.29, 1.82) is 0 Å². The lowest BCUT2D eigenvalue weighted by Gasteiger charge is -2.12. The van der Waals surface area contributed by atoms with Crippen LogP contribution in [0.5, 0.6) is 0 Å². The van der Waals surface area contributed by atoms with E-state index in [-0.39, 0.29) is 30.1 Å². The summed E-state index contributed by atoms with van der Waals surface area (Å²) in [7, 11) is 0. The van der Waals surface area contributed by atoms with Gasteiger partial charge in [0.1, 0.15) is 5.82 Å². The second kappa shape index (κ2) is 8.33. The normalized spacial score (nSPS) is 13.9. The number of fused-ring (bicyclic) bond motifs is 1. The van der Waals surface area contributed by atoms with Gasteiger partial charge in [0.2, 0.25) is 0 Å². The first kappa shape index (κ1) is 19.1. The highest BCUT2D eigenvalue weighted by Crippen LogP contribution is 2.28. The van der Waals surface area contributed by atoms with E-state index in [1.54, 1.807) is 16.8 Å². The van der Waals surface area contributed by atoms with E-state index in [0.29, 0.717) is 5.69 Å². The van der Waals surface area contributed by atoms with Gasteiger partial charge in [-0.05, 0) is 56.9 Å². The fraction of sp³-hybridized carbons (Fsp3) is 0.450. The summed E-state index contributed by atoms with van der Waals surface area (Å²) in [5.74, 6) is -1.25. The Labute approximate surface area is 157 Å². The van der Waals surface area contributed by atoms with E-state index in [2.05, 4.69) is 10.4 Å². The van der Waals surface area contributed by atoms with E-state index in [1.165, 1.54) is 12.1 Å². The van der Waals surface area contributed by atoms with Gasteiger partial charge in [0.05, 0.1) is 5.69 Å². The molecule has 1 aliphatic carbocycles. The molecule has 1 N–H and O–H groups in total. The van der Waals surface area contributed by atoms with Gasteiger partial charge in [-0.3, -0.25) is 4.79 Å². The van der Waals surface area contributed by atoms with Gasteiger partial charge < -0.3 is 10.1 Å². The first-order valence-corrected chi connectivity index (χ1v) is 9.32. The second-order valence-corrected chi connectivity index (χ2v) is 6.85. The highest BCUT2D eigenvalue weighted by atomic mass is 19.1. The Morgan fingerprint density at radius 3 is 2.74 bits per heavy atom. The number of ether oxygens (including phenoxy) is 1. The van der Waals surface area contributed by atoms with E-state index in [4.69, 9.17) is 4.74 Å². The molecule has 0 bridgehead atoms. The van der Waals surface area contributed by atoms with Gasteiger partial charge in [0, 0.05) is 17.3 Å². The Bertz CT molecular complexity index is 830. The number of nitrogens with zero attached hydrogens (tertiary/aromatic N) is 2. The summed E-state index contributed by atoms with van der Waals surface area (Å²) < 4.78 is 20.0. The topological polar surface area (TPSA) is 73.2 Å². The van der Waals surface area contributed by atoms with Crippen molar-refractivity contribution >= 4 is 11.9 Å². The van der Waals surface area contributed by atoms with Crippen molar-refractivity contribution in [3.63, 3.8) is 0 Å². The summed E-state index contributed by atoms with van der Waals surface area (Å²) in [5.41, 5.74) is 2.72. The van der Waals surface area contributed by atoms with Crippen LogP contribution < -0.4 is 5.32 Å². The molecule has 1 aromatic carbocycles. The number of carbonyl (C=O) groups excluding carboxylic acids is 2.